The summed E-state index contributed by atoms with van der Waals surface area (Å²) in [5, 5.41) is 10.2. The van der Waals surface area contributed by atoms with Gasteiger partial charge in [-0.05, 0) is 55.0 Å². The third-order valence-electron chi connectivity index (χ3n) is 7.46. The molecule has 0 unspecified atom stereocenters. The molecule has 0 saturated carbocycles. The molecule has 0 bridgehead atoms. The Kier molecular flexibility index (Phi) is 7.82. The smallest absolute Gasteiger partial charge is 0.389 e. The quantitative estimate of drug-likeness (QED) is 0.356. The SMILES string of the molecule is Cc1cccc(Cn2nc(NC(=O)CS(C)(=O)=O)c3c2C[C@]2(CCc4cc(OCCCC(F)(F)F)ccc42)NC3=O)c1. The number of hydrogen-bond acceptors (Lipinski definition) is 6. The standard InChI is InChI=1S/C29H31F3N4O5S/c1-18-5-3-6-19(13-18)16-36-23-15-28(34-27(38)25(23)26(35-36)33-24(37)17-42(2,39)40)11-9-20-14-21(7-8-22(20)28)41-12-4-10-29(30,31)32/h3,5-8,13-14H,4,9-12,15-17H2,1-2H3,(H,34,38)(H,33,35,37)/t28-/m0/s1. The van der Waals surface area contributed by atoms with E-state index in [0.717, 1.165) is 28.5 Å². The van der Waals surface area contributed by atoms with E-state index in [9.17, 15) is 31.2 Å². The van der Waals surface area contributed by atoms with Crippen LogP contribution in [0.5, 0.6) is 5.75 Å². The molecule has 2 aromatic carbocycles. The van der Waals surface area contributed by atoms with Crippen LogP contribution in [0.4, 0.5) is 19.0 Å². The van der Waals surface area contributed by atoms with Crippen LogP contribution in [0.15, 0.2) is 42.5 Å². The molecular formula is C29H31F3N4O5S. The van der Waals surface area contributed by atoms with Gasteiger partial charge in [0.05, 0.1) is 24.4 Å². The van der Waals surface area contributed by atoms with Gasteiger partial charge in [0.1, 0.15) is 17.1 Å². The molecule has 2 heterocycles. The maximum absolute atomic E-state index is 13.6. The highest BCUT2D eigenvalue weighted by molar-refractivity contribution is 7.91. The zero-order chi connectivity index (χ0) is 30.3. The molecular weight excluding hydrogens is 573 g/mol. The van der Waals surface area contributed by atoms with Gasteiger partial charge in [0, 0.05) is 19.1 Å². The molecule has 2 amide bonds. The molecule has 9 nitrogen and oxygen atoms in total. The molecule has 1 spiro atoms. The number of nitrogens with zero attached hydrogens (tertiary/aromatic N) is 2. The number of ether oxygens (including phenoxy) is 1. The second-order valence-corrected chi connectivity index (χ2v) is 13.2. The summed E-state index contributed by atoms with van der Waals surface area (Å²) in [6.07, 6.45) is -2.77. The highest BCUT2D eigenvalue weighted by Crippen LogP contribution is 2.44. The zero-order valence-electron chi connectivity index (χ0n) is 23.2. The Hall–Kier alpha value is -3.87. The summed E-state index contributed by atoms with van der Waals surface area (Å²) >= 11 is 0. The van der Waals surface area contributed by atoms with Crippen molar-refractivity contribution in [3.05, 3.63) is 76.0 Å². The van der Waals surface area contributed by atoms with Crippen LogP contribution in [-0.2, 0) is 39.6 Å². The first-order valence-corrected chi connectivity index (χ1v) is 15.6. The summed E-state index contributed by atoms with van der Waals surface area (Å²) in [5.41, 5.74) is 3.84. The number of carbonyl (C=O) groups is 2. The summed E-state index contributed by atoms with van der Waals surface area (Å²) in [6, 6.07) is 13.1. The zero-order valence-corrected chi connectivity index (χ0v) is 24.0. The van der Waals surface area contributed by atoms with Gasteiger partial charge in [-0.15, -0.1) is 0 Å². The number of fused-ring (bicyclic) bond motifs is 3. The molecule has 1 atom stereocenters. The lowest BCUT2D eigenvalue weighted by Gasteiger charge is -2.36. The first-order chi connectivity index (χ1) is 19.7. The molecule has 2 aliphatic rings. The van der Waals surface area contributed by atoms with Gasteiger partial charge in [0.25, 0.3) is 5.91 Å². The first-order valence-electron chi connectivity index (χ1n) is 13.5. The average molecular weight is 605 g/mol. The van der Waals surface area contributed by atoms with Gasteiger partial charge in [-0.2, -0.15) is 18.3 Å². The summed E-state index contributed by atoms with van der Waals surface area (Å²) in [6.45, 7) is 2.23. The van der Waals surface area contributed by atoms with Crippen LogP contribution in [0, 0.1) is 6.92 Å². The molecule has 0 fully saturated rings. The van der Waals surface area contributed by atoms with E-state index in [4.69, 9.17) is 4.74 Å². The van der Waals surface area contributed by atoms with E-state index in [-0.39, 0.29) is 24.4 Å². The lowest BCUT2D eigenvalue weighted by Crippen LogP contribution is -2.50. The highest BCUT2D eigenvalue weighted by Gasteiger charge is 2.47. The Bertz CT molecular complexity index is 1650. The van der Waals surface area contributed by atoms with Crippen LogP contribution in [0.3, 0.4) is 0 Å². The van der Waals surface area contributed by atoms with Crippen LogP contribution in [0.2, 0.25) is 0 Å². The third-order valence-corrected chi connectivity index (χ3v) is 8.25. The number of nitrogens with one attached hydrogen (secondary N) is 2. The maximum Gasteiger partial charge on any atom is 0.389 e. The highest BCUT2D eigenvalue weighted by atomic mass is 32.2. The number of aryl methyl sites for hydroxylation is 2. The molecule has 1 aliphatic heterocycles. The Morgan fingerprint density at radius 2 is 2.00 bits per heavy atom. The van der Waals surface area contributed by atoms with E-state index >= 15 is 0 Å². The van der Waals surface area contributed by atoms with Crippen molar-refractivity contribution in [3.63, 3.8) is 0 Å². The van der Waals surface area contributed by atoms with Crippen LogP contribution >= 0.6 is 0 Å². The fourth-order valence-corrected chi connectivity index (χ4v) is 6.27. The van der Waals surface area contributed by atoms with Crippen molar-refractivity contribution in [1.29, 1.82) is 0 Å². The lowest BCUT2D eigenvalue weighted by molar-refractivity contribution is -0.136. The van der Waals surface area contributed by atoms with Gasteiger partial charge < -0.3 is 15.4 Å². The number of sulfone groups is 1. The fourth-order valence-electron chi connectivity index (χ4n) is 5.73. The van der Waals surface area contributed by atoms with Gasteiger partial charge in [0.15, 0.2) is 15.7 Å². The predicted molar refractivity (Wildman–Crippen MR) is 149 cm³/mol. The van der Waals surface area contributed by atoms with E-state index in [1.54, 1.807) is 16.8 Å². The average Bonchev–Trinajstić information content (AvgIpc) is 3.38. The maximum atomic E-state index is 13.6. The summed E-state index contributed by atoms with van der Waals surface area (Å²) in [5.74, 6) is -1.51. The molecule has 42 heavy (non-hydrogen) atoms. The van der Waals surface area contributed by atoms with Crippen LogP contribution in [-0.4, -0.2) is 54.8 Å². The van der Waals surface area contributed by atoms with Gasteiger partial charge in [-0.25, -0.2) is 8.42 Å². The van der Waals surface area contributed by atoms with Crippen LogP contribution < -0.4 is 15.4 Å². The number of aromatic nitrogens is 2. The van der Waals surface area contributed by atoms with Crippen molar-refractivity contribution in [3.8, 4) is 5.75 Å². The van der Waals surface area contributed by atoms with Gasteiger partial charge in [0.2, 0.25) is 5.91 Å². The predicted octanol–water partition coefficient (Wildman–Crippen LogP) is 4.07. The summed E-state index contributed by atoms with van der Waals surface area (Å²) in [7, 11) is -3.60. The molecule has 13 heteroatoms. The van der Waals surface area contributed by atoms with Crippen molar-refractivity contribution < 1.29 is 35.9 Å². The number of alkyl halides is 3. The molecule has 1 aromatic heterocycles. The van der Waals surface area contributed by atoms with E-state index in [2.05, 4.69) is 15.7 Å². The first kappa shape index (κ1) is 29.6. The Morgan fingerprint density at radius 1 is 1.21 bits per heavy atom. The normalized spacial score (nSPS) is 18.0. The topological polar surface area (TPSA) is 119 Å². The lowest BCUT2D eigenvalue weighted by atomic mass is 9.82. The summed E-state index contributed by atoms with van der Waals surface area (Å²) in [4.78, 5) is 26.1. The van der Waals surface area contributed by atoms with Crippen molar-refractivity contribution >= 4 is 27.5 Å². The molecule has 224 valence electrons. The van der Waals surface area contributed by atoms with Gasteiger partial charge in [-0.3, -0.25) is 14.3 Å². The van der Waals surface area contributed by atoms with Crippen molar-refractivity contribution in [2.75, 3.05) is 23.9 Å². The van der Waals surface area contributed by atoms with E-state index in [1.807, 2.05) is 37.3 Å². The molecule has 3 aromatic rings. The van der Waals surface area contributed by atoms with Gasteiger partial charge in [-0.1, -0.05) is 35.9 Å². The number of benzene rings is 2. The van der Waals surface area contributed by atoms with Crippen molar-refractivity contribution in [2.45, 2.75) is 57.3 Å². The summed E-state index contributed by atoms with van der Waals surface area (Å²) < 4.78 is 67.9. The van der Waals surface area contributed by atoms with Crippen LogP contribution in [0.1, 0.15) is 57.6 Å². The van der Waals surface area contributed by atoms with E-state index in [0.29, 0.717) is 37.3 Å². The van der Waals surface area contributed by atoms with E-state index < -0.39 is 45.5 Å². The fraction of sp³-hybridized carbons (Fsp3) is 0.414. The van der Waals surface area contributed by atoms with Crippen molar-refractivity contribution in [2.24, 2.45) is 0 Å². The molecule has 5 rings (SSSR count). The molecule has 0 saturated heterocycles. The van der Waals surface area contributed by atoms with Gasteiger partial charge >= 0.3 is 6.18 Å². The molecule has 0 radical (unpaired) electrons. The minimum atomic E-state index is -4.23. The Morgan fingerprint density at radius 3 is 2.71 bits per heavy atom. The number of carbonyl (C=O) groups excluding carboxylic acids is 2. The number of rotatable bonds is 9. The van der Waals surface area contributed by atoms with Crippen LogP contribution in [0.25, 0.3) is 0 Å². The Balaban J connectivity index is 1.44. The number of amides is 2. The molecule has 2 N–H and O–H groups in total. The van der Waals surface area contributed by atoms with Crippen molar-refractivity contribution in [1.82, 2.24) is 15.1 Å². The van der Waals surface area contributed by atoms with E-state index in [1.165, 1.54) is 0 Å². The Labute approximate surface area is 241 Å². The second-order valence-electron chi connectivity index (χ2n) is 11.0. The third kappa shape index (κ3) is 6.61. The number of hydrogen-bond donors (Lipinski definition) is 2. The number of halogens is 3. The number of anilines is 1. The second kappa shape index (κ2) is 11.1. The minimum Gasteiger partial charge on any atom is -0.494 e. The monoisotopic (exact) mass is 604 g/mol. The molecule has 1 aliphatic carbocycles. The minimum absolute atomic E-state index is 0.000483. The largest absolute Gasteiger partial charge is 0.494 e.